The quantitative estimate of drug-likeness (QED) is 0.688. The maximum absolute atomic E-state index is 12.8. The number of aromatic nitrogens is 2. The van der Waals surface area contributed by atoms with Crippen LogP contribution >= 0.6 is 0 Å². The second kappa shape index (κ2) is 9.40. The molecule has 1 amide bonds. The molecule has 152 valence electrons. The molecule has 0 radical (unpaired) electrons. The summed E-state index contributed by atoms with van der Waals surface area (Å²) in [4.78, 5) is 12.8. The van der Waals surface area contributed by atoms with Crippen molar-refractivity contribution in [2.45, 2.75) is 78.8 Å². The minimum absolute atomic E-state index is 0.141. The average Bonchev–Trinajstić information content (AvgIpc) is 3.28. The third-order valence-corrected chi connectivity index (χ3v) is 6.02. The van der Waals surface area contributed by atoms with Crippen LogP contribution in [0.2, 0.25) is 0 Å². The lowest BCUT2D eigenvalue weighted by Gasteiger charge is -2.25. The Hall–Kier alpha value is -2.10. The Morgan fingerprint density at radius 1 is 1.18 bits per heavy atom. The van der Waals surface area contributed by atoms with Crippen LogP contribution in [0.4, 0.5) is 0 Å². The number of amides is 1. The molecule has 1 fully saturated rings. The number of rotatable bonds is 8. The van der Waals surface area contributed by atoms with E-state index in [-0.39, 0.29) is 11.9 Å². The van der Waals surface area contributed by atoms with Crippen molar-refractivity contribution in [2.75, 3.05) is 0 Å². The van der Waals surface area contributed by atoms with E-state index < -0.39 is 0 Å². The highest BCUT2D eigenvalue weighted by Gasteiger charge is 2.27. The van der Waals surface area contributed by atoms with Gasteiger partial charge in [-0.3, -0.25) is 9.48 Å². The smallest absolute Gasteiger partial charge is 0.220 e. The molecule has 28 heavy (non-hydrogen) atoms. The first-order chi connectivity index (χ1) is 13.5. The second-order valence-corrected chi connectivity index (χ2v) is 8.73. The van der Waals surface area contributed by atoms with Gasteiger partial charge in [-0.1, -0.05) is 57.0 Å². The van der Waals surface area contributed by atoms with Crippen LogP contribution in [0.25, 0.3) is 0 Å². The number of benzene rings is 1. The van der Waals surface area contributed by atoms with Crippen LogP contribution in [0.15, 0.2) is 30.3 Å². The van der Waals surface area contributed by atoms with Crippen LogP contribution in [0.5, 0.6) is 0 Å². The van der Waals surface area contributed by atoms with Gasteiger partial charge in [0.15, 0.2) is 0 Å². The Balaban J connectivity index is 1.65. The maximum Gasteiger partial charge on any atom is 0.220 e. The van der Waals surface area contributed by atoms with E-state index in [0.29, 0.717) is 18.3 Å². The molecular formula is C24H35N3O. The van der Waals surface area contributed by atoms with Gasteiger partial charge in [-0.15, -0.1) is 0 Å². The first kappa shape index (κ1) is 20.6. The Bertz CT molecular complexity index is 773. The second-order valence-electron chi connectivity index (χ2n) is 8.73. The summed E-state index contributed by atoms with van der Waals surface area (Å²) < 4.78 is 2.10. The topological polar surface area (TPSA) is 46.9 Å². The molecule has 1 aliphatic carbocycles. The van der Waals surface area contributed by atoms with E-state index in [1.807, 2.05) is 6.07 Å². The zero-order chi connectivity index (χ0) is 20.1. The molecule has 1 unspecified atom stereocenters. The largest absolute Gasteiger partial charge is 0.349 e. The maximum atomic E-state index is 12.8. The number of carbonyl (C=O) groups is 1. The SMILES string of the molecule is Cc1nn(CC(C)C)c(C)c1CCC(=O)NC(c1ccccc1)C1CCCC1. The Morgan fingerprint density at radius 2 is 1.86 bits per heavy atom. The molecule has 1 saturated carbocycles. The molecular weight excluding hydrogens is 346 g/mol. The first-order valence-corrected chi connectivity index (χ1v) is 10.8. The van der Waals surface area contributed by atoms with Crippen molar-refractivity contribution in [1.29, 1.82) is 0 Å². The van der Waals surface area contributed by atoms with Crippen molar-refractivity contribution in [2.24, 2.45) is 11.8 Å². The number of carbonyl (C=O) groups excluding carboxylic acids is 1. The molecule has 1 N–H and O–H groups in total. The number of nitrogens with zero attached hydrogens (tertiary/aromatic N) is 2. The summed E-state index contributed by atoms with van der Waals surface area (Å²) in [5, 5.41) is 8.04. The van der Waals surface area contributed by atoms with Crippen LogP contribution < -0.4 is 5.32 Å². The monoisotopic (exact) mass is 381 g/mol. The van der Waals surface area contributed by atoms with Gasteiger partial charge < -0.3 is 5.32 Å². The minimum atomic E-state index is 0.141. The van der Waals surface area contributed by atoms with Gasteiger partial charge in [-0.05, 0) is 56.1 Å². The highest BCUT2D eigenvalue weighted by molar-refractivity contribution is 5.76. The average molecular weight is 382 g/mol. The van der Waals surface area contributed by atoms with Gasteiger partial charge in [0.05, 0.1) is 11.7 Å². The number of hydrogen-bond acceptors (Lipinski definition) is 2. The predicted molar refractivity (Wildman–Crippen MR) is 114 cm³/mol. The zero-order valence-electron chi connectivity index (χ0n) is 17.9. The molecule has 4 heteroatoms. The van der Waals surface area contributed by atoms with Crippen molar-refractivity contribution in [3.05, 3.63) is 52.8 Å². The summed E-state index contributed by atoms with van der Waals surface area (Å²) in [6.45, 7) is 9.52. The molecule has 2 aromatic rings. The molecule has 4 nitrogen and oxygen atoms in total. The molecule has 0 saturated heterocycles. The number of nitrogens with one attached hydrogen (secondary N) is 1. The summed E-state index contributed by atoms with van der Waals surface area (Å²) in [5.41, 5.74) is 4.73. The lowest BCUT2D eigenvalue weighted by molar-refractivity contribution is -0.122. The zero-order valence-corrected chi connectivity index (χ0v) is 17.9. The highest BCUT2D eigenvalue weighted by Crippen LogP contribution is 2.35. The van der Waals surface area contributed by atoms with E-state index in [4.69, 9.17) is 0 Å². The van der Waals surface area contributed by atoms with E-state index in [1.54, 1.807) is 0 Å². The molecule has 1 aromatic carbocycles. The van der Waals surface area contributed by atoms with Crippen LogP contribution in [0.1, 0.15) is 74.5 Å². The normalized spacial score (nSPS) is 15.9. The third kappa shape index (κ3) is 5.03. The lowest BCUT2D eigenvalue weighted by Crippen LogP contribution is -2.32. The summed E-state index contributed by atoms with van der Waals surface area (Å²) in [6, 6.07) is 10.6. The Kier molecular flexibility index (Phi) is 6.93. The molecule has 1 aliphatic rings. The molecule has 1 heterocycles. The Labute approximate surface area is 169 Å². The van der Waals surface area contributed by atoms with Gasteiger partial charge in [0.25, 0.3) is 0 Å². The molecule has 1 atom stereocenters. The predicted octanol–water partition coefficient (Wildman–Crippen LogP) is 5.14. The highest BCUT2D eigenvalue weighted by atomic mass is 16.1. The van der Waals surface area contributed by atoms with Crippen molar-refractivity contribution in [3.63, 3.8) is 0 Å². The summed E-state index contributed by atoms with van der Waals surface area (Å²) in [6.07, 6.45) is 6.24. The summed E-state index contributed by atoms with van der Waals surface area (Å²) in [5.74, 6) is 1.27. The molecule has 1 aromatic heterocycles. The van der Waals surface area contributed by atoms with Gasteiger partial charge in [0.1, 0.15) is 0 Å². The summed E-state index contributed by atoms with van der Waals surface area (Å²) >= 11 is 0. The van der Waals surface area contributed by atoms with E-state index in [1.165, 1.54) is 42.5 Å². The van der Waals surface area contributed by atoms with Gasteiger partial charge in [0, 0.05) is 18.7 Å². The fourth-order valence-corrected chi connectivity index (χ4v) is 4.53. The Morgan fingerprint density at radius 3 is 2.50 bits per heavy atom. The van der Waals surface area contributed by atoms with Crippen LogP contribution in [-0.4, -0.2) is 15.7 Å². The lowest BCUT2D eigenvalue weighted by atomic mass is 9.91. The molecule has 0 bridgehead atoms. The van der Waals surface area contributed by atoms with E-state index in [9.17, 15) is 4.79 Å². The van der Waals surface area contributed by atoms with Crippen LogP contribution in [-0.2, 0) is 17.8 Å². The van der Waals surface area contributed by atoms with Crippen molar-refractivity contribution < 1.29 is 4.79 Å². The van der Waals surface area contributed by atoms with E-state index in [2.05, 4.69) is 67.1 Å². The molecule has 0 aliphatic heterocycles. The third-order valence-electron chi connectivity index (χ3n) is 6.02. The van der Waals surface area contributed by atoms with Gasteiger partial charge in [-0.2, -0.15) is 5.10 Å². The van der Waals surface area contributed by atoms with Crippen LogP contribution in [0.3, 0.4) is 0 Å². The molecule has 0 spiro atoms. The number of aryl methyl sites for hydroxylation is 1. The standard InChI is InChI=1S/C24H35N3O/c1-17(2)16-27-19(4)22(18(3)26-27)14-15-23(28)25-24(21-12-8-9-13-21)20-10-6-5-7-11-20/h5-7,10-11,17,21,24H,8-9,12-16H2,1-4H3,(H,25,28). The molecule has 3 rings (SSSR count). The van der Waals surface area contributed by atoms with Crippen molar-refractivity contribution >= 4 is 5.91 Å². The first-order valence-electron chi connectivity index (χ1n) is 10.8. The number of hydrogen-bond donors (Lipinski definition) is 1. The van der Waals surface area contributed by atoms with Gasteiger partial charge in [0.2, 0.25) is 5.91 Å². The minimum Gasteiger partial charge on any atom is -0.349 e. The van der Waals surface area contributed by atoms with E-state index >= 15 is 0 Å². The van der Waals surface area contributed by atoms with E-state index in [0.717, 1.165) is 18.7 Å². The van der Waals surface area contributed by atoms with Crippen LogP contribution in [0, 0.1) is 25.7 Å². The van der Waals surface area contributed by atoms with Crippen molar-refractivity contribution in [1.82, 2.24) is 15.1 Å². The fourth-order valence-electron chi connectivity index (χ4n) is 4.53. The fraction of sp³-hybridized carbons (Fsp3) is 0.583. The summed E-state index contributed by atoms with van der Waals surface area (Å²) in [7, 11) is 0. The van der Waals surface area contributed by atoms with Gasteiger partial charge >= 0.3 is 0 Å². The van der Waals surface area contributed by atoms with Crippen molar-refractivity contribution in [3.8, 4) is 0 Å². The van der Waals surface area contributed by atoms with Gasteiger partial charge in [-0.25, -0.2) is 0 Å².